The average molecular weight is 345 g/mol. The molecule has 0 bridgehead atoms. The van der Waals surface area contributed by atoms with Crippen molar-refractivity contribution in [2.75, 3.05) is 18.0 Å². The normalized spacial score (nSPS) is 16.1. The molecule has 1 aromatic heterocycles. The van der Waals surface area contributed by atoms with E-state index in [0.717, 1.165) is 25.9 Å². The lowest BCUT2D eigenvalue weighted by Crippen LogP contribution is -2.31. The van der Waals surface area contributed by atoms with Crippen LogP contribution in [0.15, 0.2) is 16.7 Å². The maximum absolute atomic E-state index is 13.4. The Bertz CT molecular complexity index is 629. The summed E-state index contributed by atoms with van der Waals surface area (Å²) >= 11 is 9.46. The summed E-state index contributed by atoms with van der Waals surface area (Å²) in [5.74, 6) is 0.278. The highest BCUT2D eigenvalue weighted by Gasteiger charge is 2.17. The zero-order valence-electron chi connectivity index (χ0n) is 10.2. The van der Waals surface area contributed by atoms with E-state index in [1.807, 2.05) is 0 Å². The Hall–Kier alpha value is -0.940. The molecule has 3 nitrogen and oxygen atoms in total. The van der Waals surface area contributed by atoms with Gasteiger partial charge in [-0.1, -0.05) is 11.6 Å². The Morgan fingerprint density at radius 2 is 1.89 bits per heavy atom. The SMILES string of the molecule is Fc1cc(Cl)c2nc(N3CCCCC3)nc(Br)c2c1. The summed E-state index contributed by atoms with van der Waals surface area (Å²) < 4.78 is 13.9. The Morgan fingerprint density at radius 3 is 2.63 bits per heavy atom. The second-order valence-corrected chi connectivity index (χ2v) is 5.80. The second-order valence-electron chi connectivity index (χ2n) is 4.65. The lowest BCUT2D eigenvalue weighted by atomic mass is 10.1. The van der Waals surface area contributed by atoms with Gasteiger partial charge in [0.2, 0.25) is 5.95 Å². The van der Waals surface area contributed by atoms with Crippen molar-refractivity contribution in [3.63, 3.8) is 0 Å². The first kappa shape index (κ1) is 13.1. The summed E-state index contributed by atoms with van der Waals surface area (Å²) in [5.41, 5.74) is 0.588. The predicted octanol–water partition coefficient (Wildman–Crippen LogP) is 4.18. The number of piperidine rings is 1. The molecule has 2 heterocycles. The van der Waals surface area contributed by atoms with Gasteiger partial charge in [0, 0.05) is 18.5 Å². The fourth-order valence-corrected chi connectivity index (χ4v) is 3.05. The van der Waals surface area contributed by atoms with Gasteiger partial charge in [0.1, 0.15) is 10.4 Å². The lowest BCUT2D eigenvalue weighted by molar-refractivity contribution is 0.568. The highest BCUT2D eigenvalue weighted by atomic mass is 79.9. The minimum absolute atomic E-state index is 0.316. The molecule has 0 atom stereocenters. The first-order valence-electron chi connectivity index (χ1n) is 6.22. The maximum atomic E-state index is 13.4. The van der Waals surface area contributed by atoms with Gasteiger partial charge in [-0.05, 0) is 47.3 Å². The summed E-state index contributed by atoms with van der Waals surface area (Å²) in [6.45, 7) is 1.91. The average Bonchev–Trinajstić information content (AvgIpc) is 2.41. The molecule has 0 radical (unpaired) electrons. The van der Waals surface area contributed by atoms with Crippen molar-refractivity contribution in [3.8, 4) is 0 Å². The number of benzene rings is 1. The van der Waals surface area contributed by atoms with Crippen molar-refractivity contribution in [3.05, 3.63) is 27.6 Å². The molecule has 1 fully saturated rings. The molecule has 1 aromatic carbocycles. The summed E-state index contributed by atoms with van der Waals surface area (Å²) in [4.78, 5) is 11.0. The van der Waals surface area contributed by atoms with Crippen LogP contribution in [0.25, 0.3) is 10.9 Å². The number of fused-ring (bicyclic) bond motifs is 1. The molecule has 100 valence electrons. The van der Waals surface area contributed by atoms with E-state index in [4.69, 9.17) is 11.6 Å². The van der Waals surface area contributed by atoms with Gasteiger partial charge < -0.3 is 4.90 Å². The molecule has 0 spiro atoms. The first-order chi connectivity index (χ1) is 9.15. The van der Waals surface area contributed by atoms with Gasteiger partial charge in [0.05, 0.1) is 10.5 Å². The van der Waals surface area contributed by atoms with Crippen molar-refractivity contribution in [1.29, 1.82) is 0 Å². The molecule has 19 heavy (non-hydrogen) atoms. The topological polar surface area (TPSA) is 29.0 Å². The van der Waals surface area contributed by atoms with Gasteiger partial charge in [0.25, 0.3) is 0 Å². The molecule has 0 N–H and O–H groups in total. The second kappa shape index (κ2) is 5.21. The van der Waals surface area contributed by atoms with Gasteiger partial charge in [-0.15, -0.1) is 0 Å². The van der Waals surface area contributed by atoms with Crippen LogP contribution in [0.1, 0.15) is 19.3 Å². The Kier molecular flexibility index (Phi) is 3.58. The minimum atomic E-state index is -0.382. The van der Waals surface area contributed by atoms with Crippen LogP contribution in [-0.2, 0) is 0 Å². The molecule has 0 saturated carbocycles. The van der Waals surface area contributed by atoms with E-state index in [1.165, 1.54) is 18.6 Å². The highest BCUT2D eigenvalue weighted by molar-refractivity contribution is 9.10. The lowest BCUT2D eigenvalue weighted by Gasteiger charge is -2.26. The van der Waals surface area contributed by atoms with Crippen LogP contribution in [0.3, 0.4) is 0 Å². The quantitative estimate of drug-likeness (QED) is 0.727. The smallest absolute Gasteiger partial charge is 0.227 e. The van der Waals surface area contributed by atoms with E-state index >= 15 is 0 Å². The van der Waals surface area contributed by atoms with E-state index in [0.29, 0.717) is 26.5 Å². The largest absolute Gasteiger partial charge is 0.341 e. The van der Waals surface area contributed by atoms with E-state index < -0.39 is 0 Å². The number of hydrogen-bond acceptors (Lipinski definition) is 3. The van der Waals surface area contributed by atoms with Crippen LogP contribution in [0, 0.1) is 5.82 Å². The van der Waals surface area contributed by atoms with Gasteiger partial charge in [-0.2, -0.15) is 0 Å². The van der Waals surface area contributed by atoms with Crippen molar-refractivity contribution in [2.24, 2.45) is 0 Å². The number of hydrogen-bond donors (Lipinski definition) is 0. The van der Waals surface area contributed by atoms with Crippen molar-refractivity contribution in [1.82, 2.24) is 9.97 Å². The molecule has 1 aliphatic rings. The monoisotopic (exact) mass is 343 g/mol. The number of halogens is 3. The molecule has 0 aliphatic carbocycles. The zero-order valence-corrected chi connectivity index (χ0v) is 12.5. The number of anilines is 1. The zero-order chi connectivity index (χ0) is 13.4. The van der Waals surface area contributed by atoms with E-state index in [9.17, 15) is 4.39 Å². The molecule has 0 unspecified atom stereocenters. The van der Waals surface area contributed by atoms with Crippen LogP contribution in [-0.4, -0.2) is 23.1 Å². The van der Waals surface area contributed by atoms with Crippen molar-refractivity contribution in [2.45, 2.75) is 19.3 Å². The van der Waals surface area contributed by atoms with Crippen molar-refractivity contribution >= 4 is 44.4 Å². The minimum Gasteiger partial charge on any atom is -0.341 e. The number of aromatic nitrogens is 2. The van der Waals surface area contributed by atoms with Gasteiger partial charge in [0.15, 0.2) is 0 Å². The number of rotatable bonds is 1. The molecule has 1 aliphatic heterocycles. The Balaban J connectivity index is 2.13. The van der Waals surface area contributed by atoms with Gasteiger partial charge in [-0.25, -0.2) is 14.4 Å². The van der Waals surface area contributed by atoms with Crippen LogP contribution in [0.5, 0.6) is 0 Å². The molecule has 6 heteroatoms. The van der Waals surface area contributed by atoms with Crippen LogP contribution in [0.2, 0.25) is 5.02 Å². The van der Waals surface area contributed by atoms with E-state index in [2.05, 4.69) is 30.8 Å². The summed E-state index contributed by atoms with van der Waals surface area (Å²) in [5, 5.41) is 0.919. The third-order valence-corrected chi connectivity index (χ3v) is 4.19. The van der Waals surface area contributed by atoms with Crippen LogP contribution in [0.4, 0.5) is 10.3 Å². The maximum Gasteiger partial charge on any atom is 0.227 e. The third-order valence-electron chi connectivity index (χ3n) is 3.30. The molecular formula is C13H12BrClFN3. The van der Waals surface area contributed by atoms with E-state index in [1.54, 1.807) is 0 Å². The summed E-state index contributed by atoms with van der Waals surface area (Å²) in [7, 11) is 0. The fourth-order valence-electron chi connectivity index (χ4n) is 2.35. The number of nitrogens with zero attached hydrogens (tertiary/aromatic N) is 3. The molecule has 2 aromatic rings. The van der Waals surface area contributed by atoms with E-state index in [-0.39, 0.29) is 5.82 Å². The Labute approximate surface area is 123 Å². The molecule has 0 amide bonds. The fraction of sp³-hybridized carbons (Fsp3) is 0.385. The van der Waals surface area contributed by atoms with Gasteiger partial charge >= 0.3 is 0 Å². The molecule has 3 rings (SSSR count). The highest BCUT2D eigenvalue weighted by Crippen LogP contribution is 2.30. The molecular weight excluding hydrogens is 333 g/mol. The van der Waals surface area contributed by atoms with Crippen molar-refractivity contribution < 1.29 is 4.39 Å². The Morgan fingerprint density at radius 1 is 1.16 bits per heavy atom. The predicted molar refractivity (Wildman–Crippen MR) is 78.3 cm³/mol. The van der Waals surface area contributed by atoms with Gasteiger partial charge in [-0.3, -0.25) is 0 Å². The van der Waals surface area contributed by atoms with Crippen LogP contribution >= 0.6 is 27.5 Å². The van der Waals surface area contributed by atoms with Crippen LogP contribution < -0.4 is 4.90 Å². The third kappa shape index (κ3) is 2.54. The standard InChI is InChI=1S/C13H12BrClFN3/c14-12-9-6-8(16)7-10(15)11(9)17-13(18-12)19-4-2-1-3-5-19/h6-7H,1-5H2. The molecule has 1 saturated heterocycles. The first-order valence-corrected chi connectivity index (χ1v) is 7.39. The summed E-state index contributed by atoms with van der Waals surface area (Å²) in [6, 6.07) is 2.68. The summed E-state index contributed by atoms with van der Waals surface area (Å²) in [6.07, 6.45) is 3.55.